The van der Waals surface area contributed by atoms with E-state index in [2.05, 4.69) is 24.0 Å². The molecule has 1 unspecified atom stereocenters. The first-order valence-corrected chi connectivity index (χ1v) is 10.9. The van der Waals surface area contributed by atoms with Crippen LogP contribution in [0.4, 0.5) is 16.2 Å². The molecule has 3 amide bonds. The second kappa shape index (κ2) is 10.3. The van der Waals surface area contributed by atoms with Crippen LogP contribution >= 0.6 is 0 Å². The SMILES string of the molecule is CCC(CN(C)CCO)c1ccc2c(c1)N(C(=O)N(C)C(C)C)C[C@H](C)N2C(C)=O. The Kier molecular flexibility index (Phi) is 8.26. The molecule has 1 aliphatic rings. The number of benzene rings is 1. The maximum atomic E-state index is 13.3. The molecule has 2 rings (SSSR count). The number of carbonyl (C=O) groups excluding carboxylic acids is 2. The van der Waals surface area contributed by atoms with E-state index in [1.54, 1.807) is 16.7 Å². The Bertz CT molecular complexity index is 752. The van der Waals surface area contributed by atoms with Crippen molar-refractivity contribution < 1.29 is 14.7 Å². The number of urea groups is 1. The van der Waals surface area contributed by atoms with Gasteiger partial charge in [0.05, 0.1) is 24.0 Å². The molecule has 0 aromatic heterocycles. The van der Waals surface area contributed by atoms with Crippen molar-refractivity contribution in [3.63, 3.8) is 0 Å². The number of hydrogen-bond acceptors (Lipinski definition) is 4. The number of nitrogens with zero attached hydrogens (tertiary/aromatic N) is 4. The molecule has 1 heterocycles. The predicted molar refractivity (Wildman–Crippen MR) is 122 cm³/mol. The average Bonchev–Trinajstić information content (AvgIpc) is 2.69. The first-order chi connectivity index (χ1) is 14.1. The van der Waals surface area contributed by atoms with Crippen LogP contribution in [0.2, 0.25) is 0 Å². The summed E-state index contributed by atoms with van der Waals surface area (Å²) < 4.78 is 0. The number of aliphatic hydroxyl groups is 1. The molecule has 2 atom stereocenters. The number of rotatable bonds is 7. The third kappa shape index (κ3) is 5.13. The molecule has 1 N–H and O–H groups in total. The topological polar surface area (TPSA) is 67.3 Å². The molecule has 30 heavy (non-hydrogen) atoms. The summed E-state index contributed by atoms with van der Waals surface area (Å²) >= 11 is 0. The lowest BCUT2D eigenvalue weighted by atomic mass is 9.93. The summed E-state index contributed by atoms with van der Waals surface area (Å²) in [7, 11) is 3.82. The third-order valence-electron chi connectivity index (χ3n) is 6.06. The molecule has 0 bridgehead atoms. The zero-order valence-corrected chi connectivity index (χ0v) is 19.6. The van der Waals surface area contributed by atoms with Crippen LogP contribution in [0.1, 0.15) is 52.5 Å². The largest absolute Gasteiger partial charge is 0.395 e. The summed E-state index contributed by atoms with van der Waals surface area (Å²) in [5.41, 5.74) is 2.72. The summed E-state index contributed by atoms with van der Waals surface area (Å²) in [6.07, 6.45) is 0.946. The standard InChI is InChI=1S/C23H38N4O3/c1-8-19(15-24(6)11-12-28)20-9-10-21-22(13-20)26(23(30)25(7)16(2)3)14-17(4)27(21)18(5)29/h9-10,13,16-17,19,28H,8,11-12,14-15H2,1-7H3/t17-,19?/m0/s1. The van der Waals surface area contributed by atoms with Gasteiger partial charge >= 0.3 is 6.03 Å². The van der Waals surface area contributed by atoms with E-state index in [4.69, 9.17) is 0 Å². The van der Waals surface area contributed by atoms with Crippen molar-refractivity contribution in [1.29, 1.82) is 0 Å². The summed E-state index contributed by atoms with van der Waals surface area (Å²) in [5, 5.41) is 9.22. The summed E-state index contributed by atoms with van der Waals surface area (Å²) in [6.45, 7) is 11.7. The van der Waals surface area contributed by atoms with Gasteiger partial charge in [-0.15, -0.1) is 0 Å². The molecule has 1 aromatic carbocycles. The third-order valence-corrected chi connectivity index (χ3v) is 6.06. The van der Waals surface area contributed by atoms with Crippen molar-refractivity contribution in [3.8, 4) is 0 Å². The Balaban J connectivity index is 2.50. The second-order valence-electron chi connectivity index (χ2n) is 8.68. The van der Waals surface area contributed by atoms with Gasteiger partial charge in [-0.3, -0.25) is 9.69 Å². The van der Waals surface area contributed by atoms with Gasteiger partial charge in [-0.2, -0.15) is 0 Å². The fourth-order valence-electron chi connectivity index (χ4n) is 4.08. The fourth-order valence-corrected chi connectivity index (χ4v) is 4.08. The van der Waals surface area contributed by atoms with Crippen LogP contribution in [-0.2, 0) is 4.79 Å². The van der Waals surface area contributed by atoms with Crippen molar-refractivity contribution in [3.05, 3.63) is 23.8 Å². The zero-order chi connectivity index (χ0) is 22.6. The van der Waals surface area contributed by atoms with Crippen LogP contribution in [0.3, 0.4) is 0 Å². The highest BCUT2D eigenvalue weighted by molar-refractivity contribution is 6.03. The predicted octanol–water partition coefficient (Wildman–Crippen LogP) is 3.13. The highest BCUT2D eigenvalue weighted by Crippen LogP contribution is 2.39. The fraction of sp³-hybridized carbons (Fsp3) is 0.652. The Morgan fingerprint density at radius 3 is 2.43 bits per heavy atom. The number of aliphatic hydroxyl groups excluding tert-OH is 1. The highest BCUT2D eigenvalue weighted by atomic mass is 16.3. The molecule has 0 spiro atoms. The van der Waals surface area contributed by atoms with Crippen LogP contribution in [-0.4, -0.2) is 79.3 Å². The molecule has 7 heteroatoms. The minimum absolute atomic E-state index is 0.0180. The Labute approximate surface area is 181 Å². The van der Waals surface area contributed by atoms with Crippen LogP contribution < -0.4 is 9.80 Å². The smallest absolute Gasteiger partial charge is 0.324 e. The van der Waals surface area contributed by atoms with Crippen molar-refractivity contribution in [1.82, 2.24) is 9.80 Å². The summed E-state index contributed by atoms with van der Waals surface area (Å²) in [4.78, 5) is 33.1. The quantitative estimate of drug-likeness (QED) is 0.739. The maximum absolute atomic E-state index is 13.3. The minimum Gasteiger partial charge on any atom is -0.395 e. The van der Waals surface area contributed by atoms with Crippen LogP contribution in [0.15, 0.2) is 18.2 Å². The number of likely N-dealkylation sites (N-methyl/N-ethyl adjacent to an activating group) is 1. The van der Waals surface area contributed by atoms with E-state index in [1.807, 2.05) is 45.8 Å². The van der Waals surface area contributed by atoms with Crippen LogP contribution in [0.25, 0.3) is 0 Å². The summed E-state index contributed by atoms with van der Waals surface area (Å²) in [6, 6.07) is 6.06. The van der Waals surface area contributed by atoms with Gasteiger partial charge in [-0.25, -0.2) is 4.79 Å². The Hall–Kier alpha value is -2.12. The Morgan fingerprint density at radius 2 is 1.90 bits per heavy atom. The van der Waals surface area contributed by atoms with Gasteiger partial charge in [0, 0.05) is 39.6 Å². The van der Waals surface area contributed by atoms with Crippen molar-refractivity contribution in [2.45, 2.75) is 59.0 Å². The van der Waals surface area contributed by atoms with E-state index >= 15 is 0 Å². The Morgan fingerprint density at radius 1 is 1.23 bits per heavy atom. The van der Waals surface area contributed by atoms with Gasteiger partial charge in [0.15, 0.2) is 0 Å². The molecule has 0 saturated carbocycles. The zero-order valence-electron chi connectivity index (χ0n) is 19.6. The van der Waals surface area contributed by atoms with E-state index < -0.39 is 0 Å². The van der Waals surface area contributed by atoms with Gasteiger partial charge in [-0.05, 0) is 57.9 Å². The lowest BCUT2D eigenvalue weighted by Gasteiger charge is -2.42. The average molecular weight is 419 g/mol. The molecule has 0 radical (unpaired) electrons. The summed E-state index contributed by atoms with van der Waals surface area (Å²) in [5.74, 6) is 0.257. The molecule has 7 nitrogen and oxygen atoms in total. The van der Waals surface area contributed by atoms with Gasteiger partial charge in [0.1, 0.15) is 0 Å². The normalized spacial score (nSPS) is 17.3. The highest BCUT2D eigenvalue weighted by Gasteiger charge is 2.35. The monoisotopic (exact) mass is 418 g/mol. The minimum atomic E-state index is -0.0944. The van der Waals surface area contributed by atoms with E-state index in [9.17, 15) is 14.7 Å². The first kappa shape index (κ1) is 24.2. The van der Waals surface area contributed by atoms with Crippen LogP contribution in [0.5, 0.6) is 0 Å². The van der Waals surface area contributed by atoms with E-state index in [0.29, 0.717) is 13.1 Å². The van der Waals surface area contributed by atoms with E-state index in [0.717, 1.165) is 29.9 Å². The second-order valence-corrected chi connectivity index (χ2v) is 8.68. The molecule has 168 valence electrons. The molecular formula is C23H38N4O3. The molecule has 1 aromatic rings. The van der Waals surface area contributed by atoms with E-state index in [-0.39, 0.29) is 36.5 Å². The molecule has 0 fully saturated rings. The van der Waals surface area contributed by atoms with Crippen LogP contribution in [0, 0.1) is 0 Å². The number of anilines is 2. The van der Waals surface area contributed by atoms with Crippen molar-refractivity contribution >= 4 is 23.3 Å². The van der Waals surface area contributed by atoms with Gasteiger partial charge in [0.2, 0.25) is 5.91 Å². The molecule has 0 saturated heterocycles. The molecule has 1 aliphatic heterocycles. The van der Waals surface area contributed by atoms with Gasteiger partial charge in [0.25, 0.3) is 0 Å². The van der Waals surface area contributed by atoms with Gasteiger partial charge < -0.3 is 19.8 Å². The van der Waals surface area contributed by atoms with Crippen molar-refractivity contribution in [2.24, 2.45) is 0 Å². The molecular weight excluding hydrogens is 380 g/mol. The number of amides is 3. The molecule has 0 aliphatic carbocycles. The lowest BCUT2D eigenvalue weighted by Crippen LogP contribution is -2.54. The lowest BCUT2D eigenvalue weighted by molar-refractivity contribution is -0.117. The number of carbonyl (C=O) groups is 2. The maximum Gasteiger partial charge on any atom is 0.324 e. The number of hydrogen-bond donors (Lipinski definition) is 1. The number of fused-ring (bicyclic) bond motifs is 1. The van der Waals surface area contributed by atoms with E-state index in [1.165, 1.54) is 0 Å². The van der Waals surface area contributed by atoms with Gasteiger partial charge in [-0.1, -0.05) is 13.0 Å². The first-order valence-electron chi connectivity index (χ1n) is 10.9. The van der Waals surface area contributed by atoms with Crippen molar-refractivity contribution in [2.75, 3.05) is 50.1 Å².